The van der Waals surface area contributed by atoms with Gasteiger partial charge in [0.25, 0.3) is 0 Å². The third kappa shape index (κ3) is 3.58. The maximum absolute atomic E-state index is 12.4. The molecule has 1 aromatic carbocycles. The van der Waals surface area contributed by atoms with Crippen LogP contribution in [0.2, 0.25) is 0 Å². The summed E-state index contributed by atoms with van der Waals surface area (Å²) in [7, 11) is 0. The number of nitrogens with one attached hydrogen (secondary N) is 1. The third-order valence-corrected chi connectivity index (χ3v) is 8.13. The Morgan fingerprint density at radius 3 is 3.03 bits per heavy atom. The molecule has 164 valence electrons. The SMILES string of the molecule is C=C1C(=O)O[C@@H]2C[C@]3(C)C(CCC(C)OC(=O)CCc4c[nH]c5ccccc45)[C@@H]3C[C@H]12. The van der Waals surface area contributed by atoms with Crippen LogP contribution < -0.4 is 0 Å². The number of hydrogen-bond donors (Lipinski definition) is 1. The second-order valence-electron chi connectivity index (χ2n) is 9.97. The van der Waals surface area contributed by atoms with Gasteiger partial charge in [-0.1, -0.05) is 31.7 Å². The predicted molar refractivity (Wildman–Crippen MR) is 118 cm³/mol. The van der Waals surface area contributed by atoms with E-state index >= 15 is 0 Å². The van der Waals surface area contributed by atoms with Gasteiger partial charge >= 0.3 is 11.9 Å². The number of aryl methyl sites for hydroxylation is 1. The molecule has 2 saturated carbocycles. The van der Waals surface area contributed by atoms with Gasteiger partial charge in [-0.15, -0.1) is 0 Å². The van der Waals surface area contributed by atoms with Gasteiger partial charge in [0, 0.05) is 35.0 Å². The molecule has 5 nitrogen and oxygen atoms in total. The van der Waals surface area contributed by atoms with E-state index in [1.165, 1.54) is 5.39 Å². The number of carbonyl (C=O) groups is 2. The minimum Gasteiger partial charge on any atom is -0.463 e. The first kappa shape index (κ1) is 20.3. The van der Waals surface area contributed by atoms with Crippen LogP contribution in [0, 0.1) is 23.2 Å². The average Bonchev–Trinajstić information content (AvgIpc) is 2.98. The Hall–Kier alpha value is -2.56. The number of fused-ring (bicyclic) bond motifs is 3. The molecule has 5 heteroatoms. The fourth-order valence-corrected chi connectivity index (χ4v) is 6.22. The summed E-state index contributed by atoms with van der Waals surface area (Å²) < 4.78 is 11.2. The highest BCUT2D eigenvalue weighted by atomic mass is 16.6. The van der Waals surface area contributed by atoms with Crippen LogP contribution in [0.15, 0.2) is 42.6 Å². The van der Waals surface area contributed by atoms with Crippen LogP contribution in [0.5, 0.6) is 0 Å². The highest BCUT2D eigenvalue weighted by Gasteiger charge is 2.66. The summed E-state index contributed by atoms with van der Waals surface area (Å²) in [6.07, 6.45) is 6.89. The van der Waals surface area contributed by atoms with Crippen molar-refractivity contribution in [2.24, 2.45) is 23.2 Å². The fraction of sp³-hybridized carbons (Fsp3) is 0.538. The van der Waals surface area contributed by atoms with Crippen molar-refractivity contribution in [3.8, 4) is 0 Å². The molecular weight excluding hydrogens is 390 g/mol. The van der Waals surface area contributed by atoms with Crippen LogP contribution in [0.4, 0.5) is 0 Å². The molecule has 6 atom stereocenters. The number of esters is 2. The van der Waals surface area contributed by atoms with E-state index in [0.29, 0.717) is 30.3 Å². The highest BCUT2D eigenvalue weighted by molar-refractivity contribution is 5.91. The Labute approximate surface area is 183 Å². The van der Waals surface area contributed by atoms with E-state index in [-0.39, 0.29) is 35.5 Å². The van der Waals surface area contributed by atoms with Crippen LogP contribution in [0.3, 0.4) is 0 Å². The smallest absolute Gasteiger partial charge is 0.334 e. The summed E-state index contributed by atoms with van der Waals surface area (Å²) >= 11 is 0. The lowest BCUT2D eigenvalue weighted by molar-refractivity contribution is -0.148. The number of para-hydroxylation sites is 1. The second kappa shape index (κ2) is 7.54. The number of aromatic amines is 1. The predicted octanol–water partition coefficient (Wildman–Crippen LogP) is 4.96. The van der Waals surface area contributed by atoms with Gasteiger partial charge in [0.2, 0.25) is 0 Å². The van der Waals surface area contributed by atoms with Crippen molar-refractivity contribution < 1.29 is 19.1 Å². The second-order valence-corrected chi connectivity index (χ2v) is 9.97. The van der Waals surface area contributed by atoms with Crippen molar-refractivity contribution in [1.82, 2.24) is 4.98 Å². The Morgan fingerprint density at radius 2 is 2.19 bits per heavy atom. The summed E-state index contributed by atoms with van der Waals surface area (Å²) in [4.78, 5) is 27.4. The first-order valence-corrected chi connectivity index (χ1v) is 11.5. The maximum atomic E-state index is 12.4. The van der Waals surface area contributed by atoms with Crippen LogP contribution in [-0.2, 0) is 25.5 Å². The van der Waals surface area contributed by atoms with Gasteiger partial charge in [0.15, 0.2) is 0 Å². The summed E-state index contributed by atoms with van der Waals surface area (Å²) in [5.41, 5.74) is 3.17. The summed E-state index contributed by atoms with van der Waals surface area (Å²) in [6, 6.07) is 8.14. The average molecular weight is 422 g/mol. The van der Waals surface area contributed by atoms with Gasteiger partial charge in [-0.2, -0.15) is 0 Å². The maximum Gasteiger partial charge on any atom is 0.334 e. The Balaban J connectivity index is 1.08. The molecule has 3 aliphatic rings. The number of ether oxygens (including phenoxy) is 2. The van der Waals surface area contributed by atoms with Crippen molar-refractivity contribution in [3.63, 3.8) is 0 Å². The number of aromatic nitrogens is 1. The first-order valence-electron chi connectivity index (χ1n) is 11.5. The zero-order chi connectivity index (χ0) is 21.8. The lowest BCUT2D eigenvalue weighted by atomic mass is 9.79. The van der Waals surface area contributed by atoms with Gasteiger partial charge < -0.3 is 14.5 Å². The van der Waals surface area contributed by atoms with Crippen molar-refractivity contribution in [1.29, 1.82) is 0 Å². The van der Waals surface area contributed by atoms with Gasteiger partial charge in [-0.05, 0) is 67.9 Å². The standard InChI is InChI=1S/C26H31NO4/c1-15(30-24(28)11-9-17-14-27-22-7-5-4-6-18(17)22)8-10-20-21-12-19-16(2)25(29)31-23(19)13-26(20,21)3/h4-7,14-15,19-21,23,27H,2,8-13H2,1,3H3/t15?,19-,20?,21+,23-,26-/m1/s1. The number of H-pyrrole nitrogens is 1. The first-order chi connectivity index (χ1) is 14.9. The van der Waals surface area contributed by atoms with Crippen LogP contribution >= 0.6 is 0 Å². The molecule has 3 fully saturated rings. The fourth-order valence-electron chi connectivity index (χ4n) is 6.22. The monoisotopic (exact) mass is 421 g/mol. The van der Waals surface area contributed by atoms with Gasteiger partial charge in [-0.3, -0.25) is 4.79 Å². The molecule has 2 aromatic rings. The number of benzene rings is 1. The van der Waals surface area contributed by atoms with Crippen LogP contribution in [-0.4, -0.2) is 29.1 Å². The molecule has 2 unspecified atom stereocenters. The van der Waals surface area contributed by atoms with E-state index in [9.17, 15) is 9.59 Å². The minimum absolute atomic E-state index is 0.0195. The molecule has 0 bridgehead atoms. The molecule has 0 spiro atoms. The Bertz CT molecular complexity index is 1040. The molecule has 31 heavy (non-hydrogen) atoms. The van der Waals surface area contributed by atoms with E-state index in [4.69, 9.17) is 9.47 Å². The normalized spacial score (nSPS) is 32.3. The molecule has 1 aromatic heterocycles. The van der Waals surface area contributed by atoms with E-state index < -0.39 is 0 Å². The molecule has 1 saturated heterocycles. The molecule has 5 rings (SSSR count). The number of hydrogen-bond acceptors (Lipinski definition) is 4. The largest absolute Gasteiger partial charge is 0.463 e. The summed E-state index contributed by atoms with van der Waals surface area (Å²) in [5.74, 6) is 1.12. The van der Waals surface area contributed by atoms with Gasteiger partial charge in [0.05, 0.1) is 6.10 Å². The van der Waals surface area contributed by atoms with Crippen molar-refractivity contribution in [2.75, 3.05) is 0 Å². The molecular formula is C26H31NO4. The minimum atomic E-state index is -0.204. The van der Waals surface area contributed by atoms with E-state index in [0.717, 1.165) is 36.8 Å². The molecule has 1 N–H and O–H groups in total. The van der Waals surface area contributed by atoms with Crippen LogP contribution in [0.25, 0.3) is 10.9 Å². The number of carbonyl (C=O) groups excluding carboxylic acids is 2. The van der Waals surface area contributed by atoms with E-state index in [2.05, 4.69) is 24.6 Å². The van der Waals surface area contributed by atoms with Gasteiger partial charge in [-0.25, -0.2) is 4.79 Å². The molecule has 1 aliphatic heterocycles. The molecule has 2 aliphatic carbocycles. The molecule has 0 radical (unpaired) electrons. The molecule has 0 amide bonds. The van der Waals surface area contributed by atoms with Crippen molar-refractivity contribution in [3.05, 3.63) is 48.2 Å². The topological polar surface area (TPSA) is 68.4 Å². The Kier molecular flexibility index (Phi) is 4.95. The zero-order valence-electron chi connectivity index (χ0n) is 18.4. The van der Waals surface area contributed by atoms with Crippen molar-refractivity contribution >= 4 is 22.8 Å². The van der Waals surface area contributed by atoms with Crippen molar-refractivity contribution in [2.45, 2.75) is 64.6 Å². The van der Waals surface area contributed by atoms with E-state index in [1.807, 2.05) is 31.3 Å². The van der Waals surface area contributed by atoms with Crippen LogP contribution in [0.1, 0.15) is 51.5 Å². The number of rotatable bonds is 7. The van der Waals surface area contributed by atoms with E-state index in [1.54, 1.807) is 0 Å². The summed E-state index contributed by atoms with van der Waals surface area (Å²) in [5, 5.41) is 1.17. The highest BCUT2D eigenvalue weighted by Crippen LogP contribution is 2.70. The lowest BCUT2D eigenvalue weighted by Crippen LogP contribution is -2.26. The van der Waals surface area contributed by atoms with Gasteiger partial charge in [0.1, 0.15) is 6.10 Å². The quantitative estimate of drug-likeness (QED) is 0.507. The zero-order valence-corrected chi connectivity index (χ0v) is 18.4. The summed E-state index contributed by atoms with van der Waals surface area (Å²) in [6.45, 7) is 8.27. The Morgan fingerprint density at radius 1 is 1.39 bits per heavy atom. The third-order valence-electron chi connectivity index (χ3n) is 8.13. The lowest BCUT2D eigenvalue weighted by Gasteiger charge is -2.27. The molecule has 2 heterocycles.